The summed E-state index contributed by atoms with van der Waals surface area (Å²) >= 11 is 0. The molecule has 3 aromatic rings. The van der Waals surface area contributed by atoms with Crippen molar-refractivity contribution in [1.82, 2.24) is 5.32 Å². The van der Waals surface area contributed by atoms with Gasteiger partial charge < -0.3 is 20.1 Å². The maximum atomic E-state index is 10.8. The van der Waals surface area contributed by atoms with Crippen LogP contribution < -0.4 is 15.0 Å². The fraction of sp³-hybridized carbons (Fsp3) is 0.419. The zero-order valence-corrected chi connectivity index (χ0v) is 22.0. The second kappa shape index (κ2) is 11.0. The van der Waals surface area contributed by atoms with Crippen LogP contribution in [0.25, 0.3) is 0 Å². The molecule has 6 nitrogen and oxygen atoms in total. The van der Waals surface area contributed by atoms with E-state index in [1.54, 1.807) is 7.11 Å². The van der Waals surface area contributed by atoms with Gasteiger partial charge in [0.05, 0.1) is 19.3 Å². The van der Waals surface area contributed by atoms with Crippen molar-refractivity contribution in [2.45, 2.75) is 63.5 Å². The van der Waals surface area contributed by atoms with E-state index in [1.807, 2.05) is 42.5 Å². The molecule has 5 rings (SSSR count). The summed E-state index contributed by atoms with van der Waals surface area (Å²) in [7, 11) is 1.70. The van der Waals surface area contributed by atoms with Gasteiger partial charge in [-0.2, -0.15) is 10.2 Å². The Morgan fingerprint density at radius 2 is 1.70 bits per heavy atom. The third-order valence-electron chi connectivity index (χ3n) is 7.96. The van der Waals surface area contributed by atoms with Crippen LogP contribution in [0.3, 0.4) is 0 Å². The third kappa shape index (κ3) is 5.86. The van der Waals surface area contributed by atoms with Gasteiger partial charge in [0, 0.05) is 30.6 Å². The molecule has 0 aliphatic carbocycles. The maximum absolute atomic E-state index is 10.8. The first kappa shape index (κ1) is 25.4. The Morgan fingerprint density at radius 1 is 1.00 bits per heavy atom. The highest BCUT2D eigenvalue weighted by molar-refractivity contribution is 5.55. The molecule has 2 heterocycles. The summed E-state index contributed by atoms with van der Waals surface area (Å²) in [6, 6.07) is 28.0. The highest BCUT2D eigenvalue weighted by atomic mass is 16.5. The molecule has 1 saturated heterocycles. The van der Waals surface area contributed by atoms with Gasteiger partial charge in [-0.25, -0.2) is 0 Å². The van der Waals surface area contributed by atoms with Crippen LogP contribution in [0.4, 0.5) is 5.69 Å². The van der Waals surface area contributed by atoms with E-state index < -0.39 is 6.10 Å². The predicted molar refractivity (Wildman–Crippen MR) is 148 cm³/mol. The molecule has 3 aromatic carbocycles. The van der Waals surface area contributed by atoms with Gasteiger partial charge in [-0.1, -0.05) is 54.6 Å². The molecule has 37 heavy (non-hydrogen) atoms. The molecule has 1 fully saturated rings. The van der Waals surface area contributed by atoms with Crippen LogP contribution in [0, 0.1) is 5.92 Å². The van der Waals surface area contributed by atoms with Crippen LogP contribution in [-0.2, 0) is 6.54 Å². The van der Waals surface area contributed by atoms with Crippen molar-refractivity contribution in [2.24, 2.45) is 16.1 Å². The highest BCUT2D eigenvalue weighted by Crippen LogP contribution is 2.50. The number of anilines is 1. The zero-order chi connectivity index (χ0) is 25.8. The van der Waals surface area contributed by atoms with E-state index in [-0.39, 0.29) is 11.7 Å². The molecule has 0 aromatic heterocycles. The molecule has 2 aliphatic heterocycles. The van der Waals surface area contributed by atoms with Gasteiger partial charge in [-0.15, -0.1) is 0 Å². The molecule has 2 aliphatic rings. The standard InChI is InChI=1S/C31H38N4O2/c1-22-28(17-18-29(36)24-7-5-4-6-8-24)30(25-11-15-27(37-3)16-12-25)35(22)26-13-9-23(10-14-26)21-32-20-19-31(2)33-34-31/h4-16,22,28-30,32,36H,17-21H2,1-3H3. The number of ether oxygens (including phenoxy) is 1. The minimum absolute atomic E-state index is 0.144. The highest BCUT2D eigenvalue weighted by Gasteiger charge is 2.46. The Hall–Kier alpha value is -3.22. The molecule has 0 saturated carbocycles. The topological polar surface area (TPSA) is 69.5 Å². The number of aliphatic hydroxyl groups excluding tert-OH is 1. The number of hydrogen-bond acceptors (Lipinski definition) is 6. The lowest BCUT2D eigenvalue weighted by Crippen LogP contribution is -2.57. The lowest BCUT2D eigenvalue weighted by Gasteiger charge is -2.56. The van der Waals surface area contributed by atoms with E-state index >= 15 is 0 Å². The van der Waals surface area contributed by atoms with E-state index in [1.165, 1.54) is 16.8 Å². The average Bonchev–Trinajstić information content (AvgIpc) is 3.68. The molecule has 0 bridgehead atoms. The Balaban J connectivity index is 1.26. The lowest BCUT2D eigenvalue weighted by atomic mass is 9.73. The van der Waals surface area contributed by atoms with Gasteiger partial charge in [0.2, 0.25) is 0 Å². The summed E-state index contributed by atoms with van der Waals surface area (Å²) < 4.78 is 5.40. The van der Waals surface area contributed by atoms with Crippen LogP contribution >= 0.6 is 0 Å². The van der Waals surface area contributed by atoms with E-state index in [2.05, 4.69) is 70.7 Å². The molecule has 4 unspecified atom stereocenters. The fourth-order valence-electron chi connectivity index (χ4n) is 5.55. The minimum Gasteiger partial charge on any atom is -0.497 e. The fourth-order valence-corrected chi connectivity index (χ4v) is 5.55. The summed E-state index contributed by atoms with van der Waals surface area (Å²) in [5, 5.41) is 22.5. The lowest BCUT2D eigenvalue weighted by molar-refractivity contribution is 0.128. The summed E-state index contributed by atoms with van der Waals surface area (Å²) in [6.45, 7) is 6.12. The predicted octanol–water partition coefficient (Wildman–Crippen LogP) is 6.44. The van der Waals surface area contributed by atoms with E-state index in [0.717, 1.165) is 43.7 Å². The number of hydrogen-bond donors (Lipinski definition) is 2. The molecule has 2 N–H and O–H groups in total. The quantitative estimate of drug-likeness (QED) is 0.282. The molecule has 6 heteroatoms. The van der Waals surface area contributed by atoms with Crippen molar-refractivity contribution in [1.29, 1.82) is 0 Å². The maximum Gasteiger partial charge on any atom is 0.189 e. The first-order valence-electron chi connectivity index (χ1n) is 13.4. The Morgan fingerprint density at radius 3 is 2.35 bits per heavy atom. The summed E-state index contributed by atoms with van der Waals surface area (Å²) in [4.78, 5) is 2.52. The molecule has 0 amide bonds. The van der Waals surface area contributed by atoms with Crippen LogP contribution in [0.1, 0.15) is 61.9 Å². The number of nitrogens with zero attached hydrogens (tertiary/aromatic N) is 3. The van der Waals surface area contributed by atoms with Crippen molar-refractivity contribution < 1.29 is 9.84 Å². The summed E-state index contributed by atoms with van der Waals surface area (Å²) in [5.74, 6) is 1.32. The normalized spacial score (nSPS) is 22.4. The van der Waals surface area contributed by atoms with Crippen LogP contribution in [0.15, 0.2) is 89.1 Å². The van der Waals surface area contributed by atoms with E-state index in [4.69, 9.17) is 4.74 Å². The number of benzene rings is 3. The largest absolute Gasteiger partial charge is 0.497 e. The van der Waals surface area contributed by atoms with Gasteiger partial charge in [-0.3, -0.25) is 0 Å². The molecular weight excluding hydrogens is 460 g/mol. The zero-order valence-electron chi connectivity index (χ0n) is 22.0. The Kier molecular flexibility index (Phi) is 7.58. The first-order valence-corrected chi connectivity index (χ1v) is 13.4. The van der Waals surface area contributed by atoms with Gasteiger partial charge in [0.15, 0.2) is 5.66 Å². The van der Waals surface area contributed by atoms with Crippen molar-refractivity contribution >= 4 is 5.69 Å². The number of aliphatic hydroxyl groups is 1. The van der Waals surface area contributed by atoms with Crippen molar-refractivity contribution in [3.05, 3.63) is 95.6 Å². The summed E-state index contributed by atoms with van der Waals surface area (Å²) in [6.07, 6.45) is 2.23. The second-order valence-electron chi connectivity index (χ2n) is 10.5. The first-order chi connectivity index (χ1) is 18.0. The van der Waals surface area contributed by atoms with Crippen molar-refractivity contribution in [3.8, 4) is 5.75 Å². The molecule has 4 atom stereocenters. The van der Waals surface area contributed by atoms with E-state index in [0.29, 0.717) is 12.0 Å². The molecule has 0 radical (unpaired) electrons. The Bertz CT molecular complexity index is 1170. The van der Waals surface area contributed by atoms with Crippen LogP contribution in [0.5, 0.6) is 5.75 Å². The second-order valence-corrected chi connectivity index (χ2v) is 10.5. The average molecular weight is 499 g/mol. The number of rotatable bonds is 12. The smallest absolute Gasteiger partial charge is 0.189 e. The monoisotopic (exact) mass is 498 g/mol. The van der Waals surface area contributed by atoms with Crippen LogP contribution in [0.2, 0.25) is 0 Å². The van der Waals surface area contributed by atoms with Crippen LogP contribution in [-0.4, -0.2) is 30.5 Å². The van der Waals surface area contributed by atoms with Gasteiger partial charge in [0.25, 0.3) is 0 Å². The van der Waals surface area contributed by atoms with E-state index in [9.17, 15) is 5.11 Å². The van der Waals surface area contributed by atoms with Gasteiger partial charge in [0.1, 0.15) is 5.75 Å². The number of methoxy groups -OCH3 is 1. The third-order valence-corrected chi connectivity index (χ3v) is 7.96. The van der Waals surface area contributed by atoms with Crippen molar-refractivity contribution in [3.63, 3.8) is 0 Å². The minimum atomic E-state index is -0.435. The molecule has 0 spiro atoms. The van der Waals surface area contributed by atoms with Crippen molar-refractivity contribution in [2.75, 3.05) is 18.6 Å². The molecule has 194 valence electrons. The summed E-state index contributed by atoms with van der Waals surface area (Å²) in [5.41, 5.74) is 4.64. The van der Waals surface area contributed by atoms with Gasteiger partial charge in [-0.05, 0) is 74.2 Å². The number of nitrogens with one attached hydrogen (secondary N) is 1. The Labute approximate surface area is 220 Å². The van der Waals surface area contributed by atoms with Gasteiger partial charge >= 0.3 is 0 Å². The SMILES string of the molecule is COc1ccc(C2C(CCC(O)c3ccccc3)C(C)N2c2ccc(CNCCC3(C)N=N3)cc2)cc1. The molecular formula is C31H38N4O2.